The first kappa shape index (κ1) is 9.27. The molecule has 3 heteroatoms. The summed E-state index contributed by atoms with van der Waals surface area (Å²) in [5.74, 6) is 0. The van der Waals surface area contributed by atoms with Crippen LogP contribution in [0.15, 0.2) is 0 Å². The number of rotatable bonds is 2. The fraction of sp³-hybridized carbons (Fsp3) is 0.857. The van der Waals surface area contributed by atoms with Gasteiger partial charge in [0.25, 0.3) is 0 Å². The van der Waals surface area contributed by atoms with Crippen LogP contribution in [0.1, 0.15) is 27.7 Å². The van der Waals surface area contributed by atoms with Gasteiger partial charge < -0.3 is 4.90 Å². The summed E-state index contributed by atoms with van der Waals surface area (Å²) >= 11 is 0. The largest absolute Gasteiger partial charge is 0.336 e. The molecule has 0 aromatic carbocycles. The molecule has 10 heavy (non-hydrogen) atoms. The molecule has 0 rings (SSSR count). The summed E-state index contributed by atoms with van der Waals surface area (Å²) in [5, 5.41) is 0. The number of nitrogens with zero attached hydrogens (tertiary/aromatic N) is 1. The molecule has 0 bridgehead atoms. The van der Waals surface area contributed by atoms with Crippen molar-refractivity contribution in [2.24, 2.45) is 0 Å². The molecule has 59 valence electrons. The summed E-state index contributed by atoms with van der Waals surface area (Å²) in [6.45, 7) is 7.64. The van der Waals surface area contributed by atoms with E-state index in [9.17, 15) is 4.79 Å². The Balaban J connectivity index is 4.12. The van der Waals surface area contributed by atoms with Crippen molar-refractivity contribution in [1.29, 1.82) is 0 Å². The van der Waals surface area contributed by atoms with E-state index in [0.717, 1.165) is 0 Å². The fourth-order valence-corrected chi connectivity index (χ4v) is 1.07. The summed E-state index contributed by atoms with van der Waals surface area (Å²) in [6, 6.07) is -0.333. The Morgan fingerprint density at radius 2 is 1.50 bits per heavy atom. The molecule has 0 aliphatic rings. The topological polar surface area (TPSA) is 44.1 Å². The zero-order chi connectivity index (χ0) is 8.31. The molecule has 0 aliphatic heterocycles. The van der Waals surface area contributed by atoms with Gasteiger partial charge in [-0.3, -0.25) is 0 Å². The van der Waals surface area contributed by atoms with E-state index in [2.05, 4.69) is 0 Å². The zero-order valence-corrected chi connectivity index (χ0v) is 7.01. The SMILES string of the molecule is CC(C)N(C([NH])=O)C(C)C. The first-order valence-electron chi connectivity index (χ1n) is 3.50. The lowest BCUT2D eigenvalue weighted by Crippen LogP contribution is -2.41. The average molecular weight is 143 g/mol. The van der Waals surface area contributed by atoms with Crippen molar-refractivity contribution in [1.82, 2.24) is 10.6 Å². The van der Waals surface area contributed by atoms with Gasteiger partial charge in [-0.2, -0.15) is 0 Å². The molecule has 1 radical (unpaired) electrons. The Kier molecular flexibility index (Phi) is 3.19. The van der Waals surface area contributed by atoms with E-state index in [-0.39, 0.29) is 12.1 Å². The van der Waals surface area contributed by atoms with Gasteiger partial charge in [-0.1, -0.05) is 0 Å². The van der Waals surface area contributed by atoms with Crippen LogP contribution < -0.4 is 5.73 Å². The maximum Gasteiger partial charge on any atom is 0.336 e. The van der Waals surface area contributed by atoms with Gasteiger partial charge in [0.2, 0.25) is 0 Å². The molecule has 0 aromatic heterocycles. The summed E-state index contributed by atoms with van der Waals surface area (Å²) in [7, 11) is 0. The van der Waals surface area contributed by atoms with Crippen LogP contribution in [0.3, 0.4) is 0 Å². The minimum absolute atomic E-state index is 0.130. The quantitative estimate of drug-likeness (QED) is 0.577. The minimum atomic E-state index is -0.593. The summed E-state index contributed by atoms with van der Waals surface area (Å²) in [4.78, 5) is 12.1. The van der Waals surface area contributed by atoms with Crippen LogP contribution in [0.4, 0.5) is 4.79 Å². The van der Waals surface area contributed by atoms with Crippen molar-refractivity contribution in [2.45, 2.75) is 39.8 Å². The van der Waals surface area contributed by atoms with Gasteiger partial charge in [-0.15, -0.1) is 0 Å². The number of carbonyl (C=O) groups excluding carboxylic acids is 1. The summed E-state index contributed by atoms with van der Waals surface area (Å²) in [5.41, 5.74) is 6.88. The maximum atomic E-state index is 10.6. The maximum absolute atomic E-state index is 10.6. The van der Waals surface area contributed by atoms with Crippen LogP contribution >= 0.6 is 0 Å². The molecule has 1 N–H and O–H groups in total. The standard InChI is InChI=1S/C7H15N2O/c1-5(2)9(6(3)4)7(8)10/h5-6,8H,1-4H3. The molecule has 0 saturated heterocycles. The number of nitrogens with one attached hydrogen (secondary N) is 1. The van der Waals surface area contributed by atoms with Crippen molar-refractivity contribution >= 4 is 6.03 Å². The van der Waals surface area contributed by atoms with E-state index in [4.69, 9.17) is 5.73 Å². The lowest BCUT2D eigenvalue weighted by molar-refractivity contribution is 0.173. The molecule has 0 aliphatic carbocycles. The average Bonchev–Trinajstić information content (AvgIpc) is 1.59. The highest BCUT2D eigenvalue weighted by Crippen LogP contribution is 2.03. The monoisotopic (exact) mass is 143 g/mol. The number of hydrogen-bond acceptors (Lipinski definition) is 1. The Hall–Kier alpha value is -0.730. The van der Waals surface area contributed by atoms with Crippen molar-refractivity contribution in [3.63, 3.8) is 0 Å². The third kappa shape index (κ3) is 2.25. The second kappa shape index (κ2) is 3.44. The van der Waals surface area contributed by atoms with Crippen molar-refractivity contribution in [2.75, 3.05) is 0 Å². The molecule has 0 unspecified atom stereocenters. The summed E-state index contributed by atoms with van der Waals surface area (Å²) < 4.78 is 0. The molecule has 0 heterocycles. The van der Waals surface area contributed by atoms with Gasteiger partial charge in [0.15, 0.2) is 0 Å². The van der Waals surface area contributed by atoms with E-state index in [1.54, 1.807) is 0 Å². The predicted molar refractivity (Wildman–Crippen MR) is 40.6 cm³/mol. The fourth-order valence-electron chi connectivity index (χ4n) is 1.07. The number of hydrogen-bond donors (Lipinski definition) is 0. The van der Waals surface area contributed by atoms with E-state index in [0.29, 0.717) is 0 Å². The van der Waals surface area contributed by atoms with Gasteiger partial charge >= 0.3 is 6.03 Å². The third-order valence-electron chi connectivity index (χ3n) is 1.35. The van der Waals surface area contributed by atoms with Crippen molar-refractivity contribution in [3.8, 4) is 0 Å². The smallest absolute Gasteiger partial charge is 0.319 e. The minimum Gasteiger partial charge on any atom is -0.319 e. The Morgan fingerprint density at radius 1 is 1.20 bits per heavy atom. The van der Waals surface area contributed by atoms with Crippen LogP contribution in [0, 0.1) is 0 Å². The van der Waals surface area contributed by atoms with Crippen LogP contribution in [0.25, 0.3) is 0 Å². The van der Waals surface area contributed by atoms with Gasteiger partial charge in [0.05, 0.1) is 0 Å². The van der Waals surface area contributed by atoms with E-state index in [1.165, 1.54) is 4.90 Å². The summed E-state index contributed by atoms with van der Waals surface area (Å²) in [6.07, 6.45) is 0. The second-order valence-corrected chi connectivity index (χ2v) is 2.90. The molecule has 0 aromatic rings. The Morgan fingerprint density at radius 3 is 1.50 bits per heavy atom. The van der Waals surface area contributed by atoms with E-state index in [1.807, 2.05) is 27.7 Å². The molecule has 0 fully saturated rings. The number of amides is 2. The highest BCUT2D eigenvalue weighted by molar-refractivity contribution is 5.71. The number of urea groups is 1. The third-order valence-corrected chi connectivity index (χ3v) is 1.35. The van der Waals surface area contributed by atoms with Crippen LogP contribution in [0.5, 0.6) is 0 Å². The van der Waals surface area contributed by atoms with Crippen molar-refractivity contribution in [3.05, 3.63) is 0 Å². The molecule has 3 nitrogen and oxygen atoms in total. The lowest BCUT2D eigenvalue weighted by Gasteiger charge is -2.27. The highest BCUT2D eigenvalue weighted by Gasteiger charge is 2.16. The first-order valence-corrected chi connectivity index (χ1v) is 3.50. The molecule has 0 saturated carbocycles. The van der Waals surface area contributed by atoms with Crippen LogP contribution in [0.2, 0.25) is 0 Å². The molecule has 0 atom stereocenters. The molecule has 0 spiro atoms. The second-order valence-electron chi connectivity index (χ2n) is 2.90. The van der Waals surface area contributed by atoms with E-state index >= 15 is 0 Å². The molecular formula is C7H15N2O. The first-order chi connectivity index (χ1) is 4.46. The van der Waals surface area contributed by atoms with Gasteiger partial charge in [0.1, 0.15) is 0 Å². The normalized spacial score (nSPS) is 10.6. The van der Waals surface area contributed by atoms with Crippen LogP contribution in [-0.2, 0) is 0 Å². The molecular weight excluding hydrogens is 128 g/mol. The van der Waals surface area contributed by atoms with Gasteiger partial charge in [0, 0.05) is 12.1 Å². The lowest BCUT2D eigenvalue weighted by atomic mass is 10.2. The van der Waals surface area contributed by atoms with Crippen molar-refractivity contribution < 1.29 is 4.79 Å². The Bertz CT molecular complexity index is 113. The van der Waals surface area contributed by atoms with Gasteiger partial charge in [-0.25, -0.2) is 10.5 Å². The highest BCUT2D eigenvalue weighted by atomic mass is 16.2. The van der Waals surface area contributed by atoms with Gasteiger partial charge in [-0.05, 0) is 27.7 Å². The Labute approximate surface area is 62.2 Å². The van der Waals surface area contributed by atoms with Crippen LogP contribution in [-0.4, -0.2) is 23.0 Å². The van der Waals surface area contributed by atoms with E-state index < -0.39 is 6.03 Å². The zero-order valence-electron chi connectivity index (χ0n) is 7.01. The predicted octanol–water partition coefficient (Wildman–Crippen LogP) is 1.51. The molecule has 2 amide bonds. The number of carbonyl (C=O) groups is 1.